The molecule has 7 nitrogen and oxygen atoms in total. The molecule has 30 heavy (non-hydrogen) atoms. The standard InChI is InChI=1S/C22H21N5O2S/c1-29-20-6-3-2-5-15(20)10-11-27-14-19(25-26-27)22(28)24-18-13-16(8-9-17(18)23)21-7-4-12-30-21/h2-9,12-14H,10-11,23H2,1H3,(H,24,28). The summed E-state index contributed by atoms with van der Waals surface area (Å²) in [6.45, 7) is 0.580. The van der Waals surface area contributed by atoms with E-state index in [-0.39, 0.29) is 11.6 Å². The van der Waals surface area contributed by atoms with Gasteiger partial charge in [0.1, 0.15) is 5.75 Å². The molecule has 0 radical (unpaired) electrons. The maximum absolute atomic E-state index is 12.7. The number of thiophene rings is 1. The number of carbonyl (C=O) groups is 1. The third-order valence-corrected chi connectivity index (χ3v) is 5.60. The van der Waals surface area contributed by atoms with Gasteiger partial charge < -0.3 is 15.8 Å². The maximum atomic E-state index is 12.7. The van der Waals surface area contributed by atoms with Crippen LogP contribution in [0.25, 0.3) is 10.4 Å². The molecular formula is C22H21N5O2S. The van der Waals surface area contributed by atoms with Gasteiger partial charge >= 0.3 is 0 Å². The molecule has 152 valence electrons. The summed E-state index contributed by atoms with van der Waals surface area (Å²) in [5.41, 5.74) is 9.39. The second-order valence-corrected chi connectivity index (χ2v) is 7.61. The lowest BCUT2D eigenvalue weighted by Crippen LogP contribution is -2.13. The van der Waals surface area contributed by atoms with Crippen molar-refractivity contribution in [3.63, 3.8) is 0 Å². The van der Waals surface area contributed by atoms with Crippen LogP contribution in [0.5, 0.6) is 5.75 Å². The van der Waals surface area contributed by atoms with Crippen LogP contribution in [0.1, 0.15) is 16.1 Å². The largest absolute Gasteiger partial charge is 0.496 e. The van der Waals surface area contributed by atoms with E-state index in [1.165, 1.54) is 0 Å². The zero-order valence-electron chi connectivity index (χ0n) is 16.4. The van der Waals surface area contributed by atoms with E-state index in [4.69, 9.17) is 10.5 Å². The zero-order valence-corrected chi connectivity index (χ0v) is 17.2. The first-order chi connectivity index (χ1) is 14.6. The lowest BCUT2D eigenvalue weighted by atomic mass is 10.1. The molecule has 0 fully saturated rings. The van der Waals surface area contributed by atoms with E-state index in [0.29, 0.717) is 24.3 Å². The normalized spacial score (nSPS) is 10.7. The number of nitrogens with two attached hydrogens (primary N) is 1. The van der Waals surface area contributed by atoms with E-state index >= 15 is 0 Å². The van der Waals surface area contributed by atoms with E-state index in [9.17, 15) is 4.79 Å². The van der Waals surface area contributed by atoms with Gasteiger partial charge in [0.25, 0.3) is 5.91 Å². The van der Waals surface area contributed by atoms with Crippen molar-refractivity contribution in [1.82, 2.24) is 15.0 Å². The van der Waals surface area contributed by atoms with Crippen LogP contribution in [-0.4, -0.2) is 28.0 Å². The molecule has 8 heteroatoms. The number of benzene rings is 2. The summed E-state index contributed by atoms with van der Waals surface area (Å²) in [6, 6.07) is 17.4. The molecule has 3 N–H and O–H groups in total. The Balaban J connectivity index is 1.44. The fourth-order valence-electron chi connectivity index (χ4n) is 3.10. The number of aryl methyl sites for hydroxylation is 2. The topological polar surface area (TPSA) is 95.1 Å². The molecule has 0 unspecified atom stereocenters. The number of hydrogen-bond acceptors (Lipinski definition) is 6. The highest BCUT2D eigenvalue weighted by Crippen LogP contribution is 2.30. The van der Waals surface area contributed by atoms with Crippen LogP contribution in [0.2, 0.25) is 0 Å². The Morgan fingerprint density at radius 3 is 2.87 bits per heavy atom. The highest BCUT2D eigenvalue weighted by atomic mass is 32.1. The SMILES string of the molecule is COc1ccccc1CCn1cc(C(=O)Nc2cc(-c3cccs3)ccc2N)nn1. The van der Waals surface area contributed by atoms with Gasteiger partial charge in [0, 0.05) is 11.4 Å². The molecular weight excluding hydrogens is 398 g/mol. The summed E-state index contributed by atoms with van der Waals surface area (Å²) < 4.78 is 7.02. The number of nitrogen functional groups attached to an aromatic ring is 1. The molecule has 0 aliphatic heterocycles. The number of nitrogens with zero attached hydrogens (tertiary/aromatic N) is 3. The zero-order chi connectivity index (χ0) is 20.9. The number of rotatable bonds is 7. The van der Waals surface area contributed by atoms with Crippen LogP contribution < -0.4 is 15.8 Å². The molecule has 1 amide bonds. The van der Waals surface area contributed by atoms with Crippen LogP contribution in [0, 0.1) is 0 Å². The van der Waals surface area contributed by atoms with Crippen molar-refractivity contribution >= 4 is 28.6 Å². The molecule has 2 aromatic heterocycles. The molecule has 0 saturated carbocycles. The molecule has 4 rings (SSSR count). The molecule has 0 spiro atoms. The van der Waals surface area contributed by atoms with Gasteiger partial charge in [-0.3, -0.25) is 9.48 Å². The van der Waals surface area contributed by atoms with Gasteiger partial charge in [-0.1, -0.05) is 35.5 Å². The first kappa shape index (κ1) is 19.7. The Hall–Kier alpha value is -3.65. The first-order valence-electron chi connectivity index (χ1n) is 9.41. The minimum atomic E-state index is -0.353. The van der Waals surface area contributed by atoms with E-state index in [0.717, 1.165) is 21.8 Å². The van der Waals surface area contributed by atoms with Crippen molar-refractivity contribution < 1.29 is 9.53 Å². The predicted molar refractivity (Wildman–Crippen MR) is 119 cm³/mol. The maximum Gasteiger partial charge on any atom is 0.277 e. The number of amides is 1. The molecule has 2 heterocycles. The van der Waals surface area contributed by atoms with Crippen molar-refractivity contribution in [3.05, 3.63) is 77.4 Å². The van der Waals surface area contributed by atoms with E-state index < -0.39 is 0 Å². The highest BCUT2D eigenvalue weighted by Gasteiger charge is 2.14. The predicted octanol–water partition coefficient (Wildman–Crippen LogP) is 4.09. The lowest BCUT2D eigenvalue weighted by Gasteiger charge is -2.09. The number of para-hydroxylation sites is 1. The van der Waals surface area contributed by atoms with Gasteiger partial charge in [-0.25, -0.2) is 0 Å². The van der Waals surface area contributed by atoms with E-state index in [1.807, 2.05) is 53.9 Å². The number of ether oxygens (including phenoxy) is 1. The second kappa shape index (κ2) is 8.79. The van der Waals surface area contributed by atoms with Crippen molar-refractivity contribution in [2.24, 2.45) is 0 Å². The van der Waals surface area contributed by atoms with Gasteiger partial charge in [0.2, 0.25) is 0 Å². The minimum absolute atomic E-state index is 0.232. The average Bonchev–Trinajstić information content (AvgIpc) is 3.46. The summed E-state index contributed by atoms with van der Waals surface area (Å²) in [5, 5.41) is 12.9. The van der Waals surface area contributed by atoms with Crippen LogP contribution in [0.15, 0.2) is 66.2 Å². The summed E-state index contributed by atoms with van der Waals surface area (Å²) in [4.78, 5) is 13.8. The number of aromatic nitrogens is 3. The Kier molecular flexibility index (Phi) is 5.76. The highest BCUT2D eigenvalue weighted by molar-refractivity contribution is 7.13. The van der Waals surface area contributed by atoms with Gasteiger partial charge in [-0.2, -0.15) is 0 Å². The number of carbonyl (C=O) groups excluding carboxylic acids is 1. The summed E-state index contributed by atoms with van der Waals surface area (Å²) >= 11 is 1.63. The fourth-order valence-corrected chi connectivity index (χ4v) is 3.83. The third-order valence-electron chi connectivity index (χ3n) is 4.68. The van der Waals surface area contributed by atoms with Gasteiger partial charge in [0.15, 0.2) is 5.69 Å². The number of hydrogen-bond donors (Lipinski definition) is 2. The van der Waals surface area contributed by atoms with Crippen LogP contribution in [0.3, 0.4) is 0 Å². The molecule has 4 aromatic rings. The lowest BCUT2D eigenvalue weighted by molar-refractivity contribution is 0.102. The smallest absolute Gasteiger partial charge is 0.277 e. The van der Waals surface area contributed by atoms with Crippen molar-refractivity contribution in [1.29, 1.82) is 0 Å². The molecule has 2 aromatic carbocycles. The van der Waals surface area contributed by atoms with Crippen LogP contribution in [0.4, 0.5) is 11.4 Å². The Labute approximate surface area is 178 Å². The molecule has 0 aliphatic rings. The Morgan fingerprint density at radius 2 is 2.07 bits per heavy atom. The second-order valence-electron chi connectivity index (χ2n) is 6.66. The minimum Gasteiger partial charge on any atom is -0.496 e. The third kappa shape index (κ3) is 4.33. The van der Waals surface area contributed by atoms with Crippen LogP contribution >= 0.6 is 11.3 Å². The van der Waals surface area contributed by atoms with E-state index in [2.05, 4.69) is 15.6 Å². The number of methoxy groups -OCH3 is 1. The van der Waals surface area contributed by atoms with Gasteiger partial charge in [-0.05, 0) is 47.2 Å². The molecule has 0 saturated heterocycles. The molecule has 0 bridgehead atoms. The summed E-state index contributed by atoms with van der Waals surface area (Å²) in [7, 11) is 1.65. The van der Waals surface area contributed by atoms with Gasteiger partial charge in [-0.15, -0.1) is 16.4 Å². The van der Waals surface area contributed by atoms with E-state index in [1.54, 1.807) is 35.4 Å². The average molecular weight is 420 g/mol. The quantitative estimate of drug-likeness (QED) is 0.440. The fraction of sp³-hybridized carbons (Fsp3) is 0.136. The summed E-state index contributed by atoms with van der Waals surface area (Å²) in [6.07, 6.45) is 2.34. The van der Waals surface area contributed by atoms with Crippen molar-refractivity contribution in [3.8, 4) is 16.2 Å². The molecule has 0 atom stereocenters. The van der Waals surface area contributed by atoms with Crippen molar-refractivity contribution in [2.45, 2.75) is 13.0 Å². The Bertz CT molecular complexity index is 1150. The monoisotopic (exact) mass is 419 g/mol. The Morgan fingerprint density at radius 1 is 1.20 bits per heavy atom. The first-order valence-corrected chi connectivity index (χ1v) is 10.3. The number of anilines is 2. The van der Waals surface area contributed by atoms with Crippen molar-refractivity contribution in [2.75, 3.05) is 18.2 Å². The van der Waals surface area contributed by atoms with Gasteiger partial charge in [0.05, 0.1) is 24.7 Å². The molecule has 0 aliphatic carbocycles. The summed E-state index contributed by atoms with van der Waals surface area (Å²) in [5.74, 6) is 0.477. The van der Waals surface area contributed by atoms with Crippen LogP contribution in [-0.2, 0) is 13.0 Å². The number of nitrogens with one attached hydrogen (secondary N) is 1.